The van der Waals surface area contributed by atoms with E-state index in [0.29, 0.717) is 0 Å². The Kier molecular flexibility index (Phi) is 3.43. The number of benzene rings is 1. The molecule has 0 saturated heterocycles. The van der Waals surface area contributed by atoms with Crippen LogP contribution >= 0.6 is 11.6 Å². The Hall–Kier alpha value is -2.13. The van der Waals surface area contributed by atoms with Gasteiger partial charge in [-0.3, -0.25) is 14.9 Å². The number of nitrogens with zero attached hydrogens (tertiary/aromatic N) is 2. The lowest BCUT2D eigenvalue weighted by molar-refractivity contribution is -0.385. The highest BCUT2D eigenvalue weighted by atomic mass is 35.5. The Labute approximate surface area is 94.8 Å². The molecule has 0 spiro atoms. The van der Waals surface area contributed by atoms with E-state index in [1.165, 1.54) is 0 Å². The lowest BCUT2D eigenvalue weighted by atomic mass is 10.0. The van der Waals surface area contributed by atoms with E-state index in [1.807, 2.05) is 0 Å². The molecule has 1 rings (SSSR count). The van der Waals surface area contributed by atoms with E-state index in [9.17, 15) is 20.0 Å². The Morgan fingerprint density at radius 2 is 2.25 bits per heavy atom. The molecule has 0 unspecified atom stereocenters. The van der Waals surface area contributed by atoms with Gasteiger partial charge >= 0.3 is 5.69 Å². The molecule has 6 nitrogen and oxygen atoms in total. The Balaban J connectivity index is 3.48. The van der Waals surface area contributed by atoms with Gasteiger partial charge in [-0.05, 0) is 0 Å². The smallest absolute Gasteiger partial charge is 0.311 e. The first-order valence-electron chi connectivity index (χ1n) is 4.02. The van der Waals surface area contributed by atoms with E-state index in [0.717, 1.165) is 12.1 Å². The first kappa shape index (κ1) is 11.9. The number of carbonyl (C=O) groups excluding carboxylic acids is 1. The summed E-state index contributed by atoms with van der Waals surface area (Å²) in [7, 11) is 0. The number of phenolic OH excluding ortho intramolecular Hbond substituents is 1. The van der Waals surface area contributed by atoms with Crippen LogP contribution in [-0.4, -0.2) is 21.7 Å². The fourth-order valence-electron chi connectivity index (χ4n) is 1.12. The minimum atomic E-state index is -0.846. The SMILES string of the molecule is N#Cc1cc(O)c([N+](=O)[O-])cc1C(=O)CCl. The van der Waals surface area contributed by atoms with Crippen LogP contribution in [0.15, 0.2) is 12.1 Å². The molecule has 0 aliphatic rings. The average molecular weight is 241 g/mol. The third-order valence-corrected chi connectivity index (χ3v) is 2.10. The molecule has 0 radical (unpaired) electrons. The molecular formula is C9H5ClN2O4. The number of Topliss-reactive ketones (excluding diaryl/α,β-unsaturated/α-hetero) is 1. The number of hydrogen-bond donors (Lipinski definition) is 1. The van der Waals surface area contributed by atoms with Crippen LogP contribution in [0.4, 0.5) is 5.69 Å². The Morgan fingerprint density at radius 1 is 1.62 bits per heavy atom. The number of alkyl halides is 1. The molecule has 82 valence electrons. The number of hydrogen-bond acceptors (Lipinski definition) is 5. The molecule has 0 aliphatic heterocycles. The molecule has 1 aromatic carbocycles. The highest BCUT2D eigenvalue weighted by molar-refractivity contribution is 6.30. The lowest BCUT2D eigenvalue weighted by Crippen LogP contribution is -2.04. The zero-order chi connectivity index (χ0) is 12.3. The Bertz CT molecular complexity index is 507. The maximum absolute atomic E-state index is 11.3. The molecule has 0 fully saturated rings. The van der Waals surface area contributed by atoms with Crippen LogP contribution in [0.1, 0.15) is 15.9 Å². The Morgan fingerprint density at radius 3 is 2.69 bits per heavy atom. The molecule has 1 N–H and O–H groups in total. The number of nitro benzene ring substituents is 1. The maximum Gasteiger partial charge on any atom is 0.311 e. The summed E-state index contributed by atoms with van der Waals surface area (Å²) in [4.78, 5) is 20.9. The first-order chi connectivity index (χ1) is 7.51. The zero-order valence-electron chi connectivity index (χ0n) is 7.81. The van der Waals surface area contributed by atoms with Gasteiger partial charge in [0.2, 0.25) is 0 Å². The van der Waals surface area contributed by atoms with Crippen LogP contribution in [0.5, 0.6) is 5.75 Å². The maximum atomic E-state index is 11.3. The van der Waals surface area contributed by atoms with Crippen molar-refractivity contribution >= 4 is 23.1 Å². The molecule has 0 heterocycles. The van der Waals surface area contributed by atoms with Crippen LogP contribution in [0.2, 0.25) is 0 Å². The molecule has 0 saturated carbocycles. The number of halogens is 1. The van der Waals surface area contributed by atoms with Gasteiger partial charge in [0.05, 0.1) is 16.4 Å². The number of nitriles is 1. The number of nitro groups is 1. The van der Waals surface area contributed by atoms with Gasteiger partial charge < -0.3 is 5.11 Å². The lowest BCUT2D eigenvalue weighted by Gasteiger charge is -2.02. The summed E-state index contributed by atoms with van der Waals surface area (Å²) in [5.74, 6) is -1.66. The van der Waals surface area contributed by atoms with Crippen molar-refractivity contribution in [3.05, 3.63) is 33.4 Å². The van der Waals surface area contributed by atoms with Crippen LogP contribution in [0.25, 0.3) is 0 Å². The summed E-state index contributed by atoms with van der Waals surface area (Å²) in [5, 5.41) is 28.4. The minimum Gasteiger partial charge on any atom is -0.502 e. The van der Waals surface area contributed by atoms with Gasteiger partial charge in [0.15, 0.2) is 11.5 Å². The van der Waals surface area contributed by atoms with E-state index in [2.05, 4.69) is 0 Å². The fraction of sp³-hybridized carbons (Fsp3) is 0.111. The molecule has 0 bridgehead atoms. The third kappa shape index (κ3) is 2.10. The van der Waals surface area contributed by atoms with Gasteiger partial charge in [-0.25, -0.2) is 0 Å². The number of ketones is 1. The predicted molar refractivity (Wildman–Crippen MR) is 54.5 cm³/mol. The van der Waals surface area contributed by atoms with E-state index in [1.54, 1.807) is 6.07 Å². The predicted octanol–water partition coefficient (Wildman–Crippen LogP) is 1.59. The largest absolute Gasteiger partial charge is 0.502 e. The highest BCUT2D eigenvalue weighted by Crippen LogP contribution is 2.29. The van der Waals surface area contributed by atoms with E-state index >= 15 is 0 Å². The van der Waals surface area contributed by atoms with Gasteiger partial charge in [-0.2, -0.15) is 5.26 Å². The third-order valence-electron chi connectivity index (χ3n) is 1.85. The van der Waals surface area contributed by atoms with Crippen molar-refractivity contribution in [2.45, 2.75) is 0 Å². The minimum absolute atomic E-state index is 0.145. The first-order valence-corrected chi connectivity index (χ1v) is 4.55. The number of phenols is 1. The quantitative estimate of drug-likeness (QED) is 0.374. The van der Waals surface area contributed by atoms with Crippen molar-refractivity contribution in [3.8, 4) is 11.8 Å². The molecule has 0 aliphatic carbocycles. The van der Waals surface area contributed by atoms with Gasteiger partial charge in [-0.1, -0.05) is 0 Å². The second-order valence-corrected chi connectivity index (χ2v) is 3.08. The standard InChI is InChI=1S/C9H5ClN2O4/c10-3-9(14)6-2-7(12(15)16)8(13)1-5(6)4-11/h1-2,13H,3H2. The van der Waals surface area contributed by atoms with Crippen LogP contribution < -0.4 is 0 Å². The highest BCUT2D eigenvalue weighted by Gasteiger charge is 2.20. The molecule has 1 aromatic rings. The van der Waals surface area contributed by atoms with E-state index in [-0.39, 0.29) is 11.1 Å². The molecule has 16 heavy (non-hydrogen) atoms. The number of rotatable bonds is 3. The zero-order valence-corrected chi connectivity index (χ0v) is 8.56. The second kappa shape index (κ2) is 4.59. The van der Waals surface area contributed by atoms with Crippen molar-refractivity contribution < 1.29 is 14.8 Å². The van der Waals surface area contributed by atoms with Gasteiger partial charge in [-0.15, -0.1) is 11.6 Å². The average Bonchev–Trinajstić information content (AvgIpc) is 2.27. The second-order valence-electron chi connectivity index (χ2n) is 2.81. The van der Waals surface area contributed by atoms with Gasteiger partial charge in [0, 0.05) is 17.7 Å². The summed E-state index contributed by atoms with van der Waals surface area (Å²) in [6.45, 7) is 0. The van der Waals surface area contributed by atoms with Gasteiger partial charge in [0.1, 0.15) is 6.07 Å². The van der Waals surface area contributed by atoms with E-state index < -0.39 is 28.0 Å². The molecule has 0 amide bonds. The number of carbonyl (C=O) groups is 1. The van der Waals surface area contributed by atoms with Crippen molar-refractivity contribution in [1.82, 2.24) is 0 Å². The molecular weight excluding hydrogens is 236 g/mol. The van der Waals surface area contributed by atoms with Crippen molar-refractivity contribution in [2.24, 2.45) is 0 Å². The molecule has 7 heteroatoms. The van der Waals surface area contributed by atoms with Crippen molar-refractivity contribution in [3.63, 3.8) is 0 Å². The van der Waals surface area contributed by atoms with Crippen molar-refractivity contribution in [2.75, 3.05) is 5.88 Å². The summed E-state index contributed by atoms with van der Waals surface area (Å²) < 4.78 is 0. The number of aromatic hydroxyl groups is 1. The van der Waals surface area contributed by atoms with Crippen molar-refractivity contribution in [1.29, 1.82) is 5.26 Å². The summed E-state index contributed by atoms with van der Waals surface area (Å²) in [6, 6.07) is 3.37. The summed E-state index contributed by atoms with van der Waals surface area (Å²) >= 11 is 5.30. The van der Waals surface area contributed by atoms with Crippen LogP contribution in [-0.2, 0) is 0 Å². The van der Waals surface area contributed by atoms with Crippen LogP contribution in [0, 0.1) is 21.4 Å². The van der Waals surface area contributed by atoms with Crippen LogP contribution in [0.3, 0.4) is 0 Å². The summed E-state index contributed by atoms with van der Waals surface area (Å²) in [6.07, 6.45) is 0. The normalized spacial score (nSPS) is 9.50. The molecule has 0 aromatic heterocycles. The van der Waals surface area contributed by atoms with Gasteiger partial charge in [0.25, 0.3) is 0 Å². The monoisotopic (exact) mass is 240 g/mol. The fourth-order valence-corrected chi connectivity index (χ4v) is 1.26. The summed E-state index contributed by atoms with van der Waals surface area (Å²) in [5.41, 5.74) is -0.941. The topological polar surface area (TPSA) is 104 Å². The van der Waals surface area contributed by atoms with E-state index in [4.69, 9.17) is 16.9 Å². The molecule has 0 atom stereocenters.